The van der Waals surface area contributed by atoms with Gasteiger partial charge in [-0.15, -0.1) is 11.3 Å². The number of carbonyl (C=O) groups is 1. The monoisotopic (exact) mass is 373 g/mol. The molecule has 0 aliphatic heterocycles. The van der Waals surface area contributed by atoms with Crippen molar-refractivity contribution in [1.82, 2.24) is 14.3 Å². The Morgan fingerprint density at radius 2 is 2.20 bits per heavy atom. The molecule has 0 saturated carbocycles. The van der Waals surface area contributed by atoms with E-state index >= 15 is 0 Å². The average Bonchev–Trinajstić information content (AvgIpc) is 3.23. The lowest BCUT2D eigenvalue weighted by Crippen LogP contribution is -2.27. The SMILES string of the molecule is Cc1nc2sccn2c1CN(C)C(=O)c1oc2ccc(Cl)cc2c1C. The zero-order valence-corrected chi connectivity index (χ0v) is 15.6. The molecule has 1 amide bonds. The molecule has 7 heteroatoms. The van der Waals surface area contributed by atoms with Crippen LogP contribution >= 0.6 is 22.9 Å². The van der Waals surface area contributed by atoms with E-state index in [2.05, 4.69) is 4.98 Å². The number of amides is 1. The molecule has 0 unspecified atom stereocenters. The topological polar surface area (TPSA) is 50.8 Å². The van der Waals surface area contributed by atoms with Gasteiger partial charge in [-0.3, -0.25) is 9.20 Å². The number of aryl methyl sites for hydroxylation is 2. The molecule has 128 valence electrons. The zero-order valence-electron chi connectivity index (χ0n) is 14.0. The molecule has 5 nitrogen and oxygen atoms in total. The summed E-state index contributed by atoms with van der Waals surface area (Å²) >= 11 is 7.63. The van der Waals surface area contributed by atoms with Gasteiger partial charge in [-0.05, 0) is 32.0 Å². The number of aromatic nitrogens is 2. The molecule has 25 heavy (non-hydrogen) atoms. The highest BCUT2D eigenvalue weighted by Crippen LogP contribution is 2.29. The molecule has 0 aliphatic carbocycles. The number of hydrogen-bond acceptors (Lipinski definition) is 4. The van der Waals surface area contributed by atoms with E-state index in [4.69, 9.17) is 16.0 Å². The molecule has 0 fully saturated rings. The number of hydrogen-bond donors (Lipinski definition) is 0. The zero-order chi connectivity index (χ0) is 17.7. The molecular weight excluding hydrogens is 358 g/mol. The Labute approximate surface area is 153 Å². The first-order chi connectivity index (χ1) is 12.0. The number of thiazole rings is 1. The van der Waals surface area contributed by atoms with Gasteiger partial charge in [-0.25, -0.2) is 4.98 Å². The van der Waals surface area contributed by atoms with Crippen molar-refractivity contribution < 1.29 is 9.21 Å². The average molecular weight is 374 g/mol. The van der Waals surface area contributed by atoms with Crippen molar-refractivity contribution in [1.29, 1.82) is 0 Å². The van der Waals surface area contributed by atoms with E-state index in [1.165, 1.54) is 0 Å². The Balaban J connectivity index is 1.67. The van der Waals surface area contributed by atoms with Crippen molar-refractivity contribution in [3.05, 3.63) is 57.5 Å². The third-order valence-corrected chi connectivity index (χ3v) is 5.38. The van der Waals surface area contributed by atoms with Gasteiger partial charge in [0.2, 0.25) is 0 Å². The van der Waals surface area contributed by atoms with Gasteiger partial charge in [0.05, 0.1) is 17.9 Å². The van der Waals surface area contributed by atoms with Crippen LogP contribution in [0.15, 0.2) is 34.2 Å². The number of benzene rings is 1. The van der Waals surface area contributed by atoms with Crippen LogP contribution in [0.1, 0.15) is 27.5 Å². The standard InChI is InChI=1S/C18H16ClN3O2S/c1-10-13-8-12(19)4-5-15(13)24-16(10)17(23)21(3)9-14-11(2)20-18-22(14)6-7-25-18/h4-8H,9H2,1-3H3. The van der Waals surface area contributed by atoms with Crippen molar-refractivity contribution in [2.45, 2.75) is 20.4 Å². The maximum atomic E-state index is 12.9. The molecule has 0 radical (unpaired) electrons. The van der Waals surface area contributed by atoms with Gasteiger partial charge < -0.3 is 9.32 Å². The van der Waals surface area contributed by atoms with Gasteiger partial charge in [0.15, 0.2) is 10.7 Å². The lowest BCUT2D eigenvalue weighted by atomic mass is 10.1. The molecule has 0 saturated heterocycles. The summed E-state index contributed by atoms with van der Waals surface area (Å²) in [6, 6.07) is 5.37. The summed E-state index contributed by atoms with van der Waals surface area (Å²) in [5, 5.41) is 3.48. The summed E-state index contributed by atoms with van der Waals surface area (Å²) in [5.74, 6) is 0.192. The summed E-state index contributed by atoms with van der Waals surface area (Å²) < 4.78 is 7.81. The van der Waals surface area contributed by atoms with Gasteiger partial charge in [-0.2, -0.15) is 0 Å². The molecule has 0 atom stereocenters. The fourth-order valence-corrected chi connectivity index (χ4v) is 3.95. The second-order valence-electron chi connectivity index (χ2n) is 6.06. The van der Waals surface area contributed by atoms with E-state index in [-0.39, 0.29) is 5.91 Å². The highest BCUT2D eigenvalue weighted by atomic mass is 35.5. The molecule has 1 aromatic carbocycles. The Morgan fingerprint density at radius 1 is 1.40 bits per heavy atom. The van der Waals surface area contributed by atoms with E-state index in [1.807, 2.05) is 35.9 Å². The fraction of sp³-hybridized carbons (Fsp3) is 0.222. The fourth-order valence-electron chi connectivity index (χ4n) is 3.00. The maximum Gasteiger partial charge on any atom is 0.289 e. The summed E-state index contributed by atoms with van der Waals surface area (Å²) in [5.41, 5.74) is 3.41. The Morgan fingerprint density at radius 3 is 3.00 bits per heavy atom. The summed E-state index contributed by atoms with van der Waals surface area (Å²) in [7, 11) is 1.77. The number of rotatable bonds is 3. The Kier molecular flexibility index (Phi) is 3.81. The van der Waals surface area contributed by atoms with Gasteiger partial charge in [0, 0.05) is 34.6 Å². The minimum Gasteiger partial charge on any atom is -0.451 e. The first-order valence-corrected chi connectivity index (χ1v) is 9.06. The van der Waals surface area contributed by atoms with Crippen LogP contribution in [0.4, 0.5) is 0 Å². The first-order valence-electron chi connectivity index (χ1n) is 7.81. The van der Waals surface area contributed by atoms with Crippen molar-refractivity contribution in [3.8, 4) is 0 Å². The molecule has 3 heterocycles. The normalized spacial score (nSPS) is 11.5. The van der Waals surface area contributed by atoms with Gasteiger partial charge >= 0.3 is 0 Å². The summed E-state index contributed by atoms with van der Waals surface area (Å²) in [6.45, 7) is 4.30. The molecular formula is C18H16ClN3O2S. The molecule has 0 bridgehead atoms. The minimum absolute atomic E-state index is 0.158. The van der Waals surface area contributed by atoms with Crippen LogP contribution in [0.3, 0.4) is 0 Å². The molecule has 0 aliphatic rings. The van der Waals surface area contributed by atoms with Crippen molar-refractivity contribution in [3.63, 3.8) is 0 Å². The van der Waals surface area contributed by atoms with E-state index in [0.29, 0.717) is 22.9 Å². The van der Waals surface area contributed by atoms with Gasteiger partial charge in [0.25, 0.3) is 5.91 Å². The third kappa shape index (κ3) is 2.62. The number of imidazole rings is 1. The van der Waals surface area contributed by atoms with Crippen LogP contribution in [0.2, 0.25) is 5.02 Å². The number of nitrogens with zero attached hydrogens (tertiary/aromatic N) is 3. The van der Waals surface area contributed by atoms with Crippen LogP contribution in [0, 0.1) is 13.8 Å². The second-order valence-corrected chi connectivity index (χ2v) is 7.37. The maximum absolute atomic E-state index is 12.9. The predicted octanol–water partition coefficient (Wildman–Crippen LogP) is 4.68. The lowest BCUT2D eigenvalue weighted by molar-refractivity contribution is 0.0752. The molecule has 0 spiro atoms. The van der Waals surface area contributed by atoms with E-state index in [0.717, 1.165) is 27.3 Å². The van der Waals surface area contributed by atoms with Crippen LogP contribution in [-0.2, 0) is 6.54 Å². The molecule has 4 rings (SSSR count). The van der Waals surface area contributed by atoms with Gasteiger partial charge in [-0.1, -0.05) is 11.6 Å². The molecule has 4 aromatic rings. The van der Waals surface area contributed by atoms with E-state index < -0.39 is 0 Å². The van der Waals surface area contributed by atoms with Crippen LogP contribution in [0.5, 0.6) is 0 Å². The number of carbonyl (C=O) groups excluding carboxylic acids is 1. The third-order valence-electron chi connectivity index (χ3n) is 4.39. The number of halogens is 1. The predicted molar refractivity (Wildman–Crippen MR) is 99.6 cm³/mol. The number of fused-ring (bicyclic) bond motifs is 2. The number of furan rings is 1. The van der Waals surface area contributed by atoms with Gasteiger partial charge in [0.1, 0.15) is 5.58 Å². The van der Waals surface area contributed by atoms with Crippen molar-refractivity contribution >= 4 is 44.8 Å². The van der Waals surface area contributed by atoms with E-state index in [9.17, 15) is 4.79 Å². The van der Waals surface area contributed by atoms with Crippen LogP contribution in [-0.4, -0.2) is 27.2 Å². The quantitative estimate of drug-likeness (QED) is 0.523. The summed E-state index contributed by atoms with van der Waals surface area (Å²) in [6.07, 6.45) is 1.97. The minimum atomic E-state index is -0.158. The molecule has 3 aromatic heterocycles. The molecule has 0 N–H and O–H groups in total. The smallest absolute Gasteiger partial charge is 0.289 e. The largest absolute Gasteiger partial charge is 0.451 e. The van der Waals surface area contributed by atoms with E-state index in [1.54, 1.807) is 35.4 Å². The highest BCUT2D eigenvalue weighted by Gasteiger charge is 2.23. The van der Waals surface area contributed by atoms with Crippen molar-refractivity contribution in [2.24, 2.45) is 0 Å². The van der Waals surface area contributed by atoms with Crippen LogP contribution < -0.4 is 0 Å². The lowest BCUT2D eigenvalue weighted by Gasteiger charge is -2.16. The Hall–Kier alpha value is -2.31. The van der Waals surface area contributed by atoms with Crippen LogP contribution in [0.25, 0.3) is 15.9 Å². The second kappa shape index (κ2) is 5.89. The van der Waals surface area contributed by atoms with Crippen molar-refractivity contribution in [2.75, 3.05) is 7.05 Å². The first kappa shape index (κ1) is 16.2. The Bertz CT molecular complexity index is 1110. The summed E-state index contributed by atoms with van der Waals surface area (Å²) in [4.78, 5) is 20.0. The highest BCUT2D eigenvalue weighted by molar-refractivity contribution is 7.15.